The van der Waals surface area contributed by atoms with Crippen LogP contribution in [0.5, 0.6) is 5.88 Å². The maximum atomic E-state index is 12.0. The fourth-order valence-corrected chi connectivity index (χ4v) is 3.93. The summed E-state index contributed by atoms with van der Waals surface area (Å²) in [5.41, 5.74) is 2.69. The maximum Gasteiger partial charge on any atom is 0.262 e. The third-order valence-corrected chi connectivity index (χ3v) is 5.87. The summed E-state index contributed by atoms with van der Waals surface area (Å²) in [6, 6.07) is 6.25. The van der Waals surface area contributed by atoms with Crippen LogP contribution in [0.3, 0.4) is 0 Å². The Morgan fingerprint density at radius 3 is 2.97 bits per heavy atom. The van der Waals surface area contributed by atoms with Gasteiger partial charge in [-0.15, -0.1) is 0 Å². The molecule has 0 unspecified atom stereocenters. The quantitative estimate of drug-likeness (QED) is 0.690. The van der Waals surface area contributed by atoms with Crippen LogP contribution < -0.4 is 10.1 Å². The van der Waals surface area contributed by atoms with E-state index in [1.54, 1.807) is 4.52 Å². The molecule has 4 heterocycles. The fourth-order valence-electron chi connectivity index (χ4n) is 3.93. The van der Waals surface area contributed by atoms with E-state index in [0.717, 1.165) is 42.5 Å². The van der Waals surface area contributed by atoms with Crippen LogP contribution in [-0.4, -0.2) is 51.8 Å². The largest absolute Gasteiger partial charge is 0.473 e. The molecule has 1 N–H and O–H groups in total. The zero-order chi connectivity index (χ0) is 20.0. The van der Waals surface area contributed by atoms with E-state index >= 15 is 0 Å². The molecule has 5 rings (SSSR count). The molecule has 1 aliphatic heterocycles. The molecule has 0 bridgehead atoms. The second-order valence-electron chi connectivity index (χ2n) is 8.08. The van der Waals surface area contributed by atoms with Crippen LogP contribution in [0.25, 0.3) is 16.6 Å². The SMILES string of the molecule is Cc1onc(OC[C@H]2CCCN2C)c1-c1ccn2nc(NC(=O)C3CC3)cc2c1. The van der Waals surface area contributed by atoms with E-state index in [0.29, 0.717) is 30.1 Å². The van der Waals surface area contributed by atoms with E-state index in [9.17, 15) is 4.79 Å². The number of rotatable bonds is 6. The van der Waals surface area contributed by atoms with Gasteiger partial charge < -0.3 is 19.5 Å². The lowest BCUT2D eigenvalue weighted by Crippen LogP contribution is -2.30. The van der Waals surface area contributed by atoms with Gasteiger partial charge in [0.2, 0.25) is 5.91 Å². The molecule has 0 spiro atoms. The number of likely N-dealkylation sites (tertiary alicyclic amines) is 1. The van der Waals surface area contributed by atoms with E-state index in [-0.39, 0.29) is 11.8 Å². The van der Waals surface area contributed by atoms with Gasteiger partial charge in [-0.1, -0.05) is 0 Å². The van der Waals surface area contributed by atoms with Crippen LogP contribution in [0.4, 0.5) is 5.82 Å². The maximum absolute atomic E-state index is 12.0. The zero-order valence-electron chi connectivity index (χ0n) is 16.7. The number of carbonyl (C=O) groups is 1. The van der Waals surface area contributed by atoms with Gasteiger partial charge in [0.05, 0.1) is 11.1 Å². The Morgan fingerprint density at radius 1 is 1.34 bits per heavy atom. The van der Waals surface area contributed by atoms with Gasteiger partial charge in [0.15, 0.2) is 5.82 Å². The highest BCUT2D eigenvalue weighted by atomic mass is 16.5. The predicted molar refractivity (Wildman–Crippen MR) is 108 cm³/mol. The Morgan fingerprint density at radius 2 is 2.21 bits per heavy atom. The minimum Gasteiger partial charge on any atom is -0.473 e. The highest BCUT2D eigenvalue weighted by Crippen LogP contribution is 2.34. The third kappa shape index (κ3) is 3.60. The number of carbonyl (C=O) groups excluding carboxylic acids is 1. The minimum absolute atomic E-state index is 0.0519. The molecule has 29 heavy (non-hydrogen) atoms. The van der Waals surface area contributed by atoms with Gasteiger partial charge in [-0.2, -0.15) is 5.10 Å². The fraction of sp³-hybridized carbons (Fsp3) is 0.476. The molecule has 0 radical (unpaired) electrons. The van der Waals surface area contributed by atoms with Crippen LogP contribution in [0, 0.1) is 12.8 Å². The molecule has 1 saturated carbocycles. The number of aromatic nitrogens is 3. The van der Waals surface area contributed by atoms with Crippen molar-refractivity contribution in [1.29, 1.82) is 0 Å². The average Bonchev–Trinajstić information content (AvgIpc) is 3.21. The summed E-state index contributed by atoms with van der Waals surface area (Å²) in [7, 11) is 2.13. The Kier molecular flexibility index (Phi) is 4.50. The van der Waals surface area contributed by atoms with Crippen molar-refractivity contribution in [1.82, 2.24) is 19.7 Å². The van der Waals surface area contributed by atoms with Crippen molar-refractivity contribution < 1.29 is 14.1 Å². The van der Waals surface area contributed by atoms with Crippen molar-refractivity contribution in [2.45, 2.75) is 38.6 Å². The summed E-state index contributed by atoms with van der Waals surface area (Å²) in [5, 5.41) is 11.5. The number of fused-ring (bicyclic) bond motifs is 1. The van der Waals surface area contributed by atoms with Crippen molar-refractivity contribution in [2.24, 2.45) is 5.92 Å². The number of hydrogen-bond donors (Lipinski definition) is 1. The monoisotopic (exact) mass is 395 g/mol. The number of likely N-dealkylation sites (N-methyl/N-ethyl adjacent to an activating group) is 1. The summed E-state index contributed by atoms with van der Waals surface area (Å²) in [5.74, 6) is 2.01. The van der Waals surface area contributed by atoms with Crippen molar-refractivity contribution in [2.75, 3.05) is 25.5 Å². The number of ether oxygens (including phenoxy) is 1. The summed E-state index contributed by atoms with van der Waals surface area (Å²) in [6.45, 7) is 3.59. The van der Waals surface area contributed by atoms with Crippen molar-refractivity contribution in [3.8, 4) is 17.0 Å². The highest BCUT2D eigenvalue weighted by molar-refractivity contribution is 5.93. The topological polar surface area (TPSA) is 84.9 Å². The molecular weight excluding hydrogens is 370 g/mol. The molecule has 3 aromatic heterocycles. The van der Waals surface area contributed by atoms with Gasteiger partial charge in [-0.25, -0.2) is 4.52 Å². The van der Waals surface area contributed by atoms with Crippen molar-refractivity contribution >= 4 is 17.2 Å². The first-order chi connectivity index (χ1) is 14.1. The van der Waals surface area contributed by atoms with Crippen LogP contribution in [0.15, 0.2) is 28.9 Å². The second-order valence-corrected chi connectivity index (χ2v) is 8.08. The van der Waals surface area contributed by atoms with Crippen LogP contribution >= 0.6 is 0 Å². The van der Waals surface area contributed by atoms with Gasteiger partial charge in [0.1, 0.15) is 12.4 Å². The number of nitrogens with one attached hydrogen (secondary N) is 1. The average molecular weight is 395 g/mol. The van der Waals surface area contributed by atoms with Crippen molar-refractivity contribution in [3.05, 3.63) is 30.2 Å². The van der Waals surface area contributed by atoms with Gasteiger partial charge in [0, 0.05) is 24.2 Å². The molecule has 2 fully saturated rings. The number of pyridine rings is 1. The molecule has 1 atom stereocenters. The molecule has 1 saturated heterocycles. The molecule has 152 valence electrons. The first kappa shape index (κ1) is 18.2. The Balaban J connectivity index is 1.38. The molecular formula is C21H25N5O3. The molecule has 3 aromatic rings. The smallest absolute Gasteiger partial charge is 0.262 e. The second kappa shape index (κ2) is 7.18. The lowest BCUT2D eigenvalue weighted by molar-refractivity contribution is -0.117. The Bertz CT molecular complexity index is 1050. The Hall–Kier alpha value is -2.87. The number of anilines is 1. The normalized spacial score (nSPS) is 19.7. The number of hydrogen-bond acceptors (Lipinski definition) is 6. The summed E-state index contributed by atoms with van der Waals surface area (Å²) >= 11 is 0. The van der Waals surface area contributed by atoms with Crippen LogP contribution in [0.2, 0.25) is 0 Å². The number of nitrogens with zero attached hydrogens (tertiary/aromatic N) is 4. The lowest BCUT2D eigenvalue weighted by Gasteiger charge is -2.19. The van der Waals surface area contributed by atoms with E-state index in [1.807, 2.05) is 31.3 Å². The number of aryl methyl sites for hydroxylation is 1. The van der Waals surface area contributed by atoms with E-state index in [2.05, 4.69) is 27.5 Å². The summed E-state index contributed by atoms with van der Waals surface area (Å²) in [4.78, 5) is 14.3. The predicted octanol–water partition coefficient (Wildman–Crippen LogP) is 3.12. The lowest BCUT2D eigenvalue weighted by atomic mass is 10.1. The minimum atomic E-state index is 0.0519. The van der Waals surface area contributed by atoms with Gasteiger partial charge in [0.25, 0.3) is 5.88 Å². The molecule has 8 heteroatoms. The standard InChI is InChI=1S/C21H25N5O3/c1-13-19(21(24-29-13)28-12-16-4-3-8-25(16)2)15-7-9-26-17(10-15)11-18(23-26)22-20(27)14-5-6-14/h7,9-11,14,16H,3-6,8,12H2,1-2H3,(H,22,23,27)/t16-/m1/s1. The van der Waals surface area contributed by atoms with Gasteiger partial charge >= 0.3 is 0 Å². The molecule has 0 aromatic carbocycles. The summed E-state index contributed by atoms with van der Waals surface area (Å²) in [6.07, 6.45) is 6.15. The molecule has 1 aliphatic carbocycles. The van der Waals surface area contributed by atoms with E-state index in [4.69, 9.17) is 9.26 Å². The van der Waals surface area contributed by atoms with Crippen LogP contribution in [0.1, 0.15) is 31.4 Å². The van der Waals surface area contributed by atoms with Gasteiger partial charge in [-0.05, 0) is 69.1 Å². The van der Waals surface area contributed by atoms with E-state index < -0.39 is 0 Å². The first-order valence-electron chi connectivity index (χ1n) is 10.2. The van der Waals surface area contributed by atoms with Crippen molar-refractivity contribution in [3.63, 3.8) is 0 Å². The number of amides is 1. The molecule has 1 amide bonds. The Labute approximate surface area is 168 Å². The van der Waals surface area contributed by atoms with Gasteiger partial charge in [-0.3, -0.25) is 4.79 Å². The first-order valence-corrected chi connectivity index (χ1v) is 10.2. The zero-order valence-corrected chi connectivity index (χ0v) is 16.7. The molecule has 8 nitrogen and oxygen atoms in total. The summed E-state index contributed by atoms with van der Waals surface area (Å²) < 4.78 is 13.2. The highest BCUT2D eigenvalue weighted by Gasteiger charge is 2.30. The van der Waals surface area contributed by atoms with Crippen LogP contribution in [-0.2, 0) is 4.79 Å². The molecule has 2 aliphatic rings. The van der Waals surface area contributed by atoms with E-state index in [1.165, 1.54) is 6.42 Å². The third-order valence-electron chi connectivity index (χ3n) is 5.87.